The van der Waals surface area contributed by atoms with Crippen LogP contribution in [0.2, 0.25) is 0 Å². The van der Waals surface area contributed by atoms with Crippen molar-refractivity contribution in [2.75, 3.05) is 5.32 Å². The van der Waals surface area contributed by atoms with E-state index in [0.717, 1.165) is 15.7 Å². The second-order valence-electron chi connectivity index (χ2n) is 3.84. The number of benzene rings is 2. The van der Waals surface area contributed by atoms with Crippen molar-refractivity contribution in [2.45, 2.75) is 6.92 Å². The third-order valence-electron chi connectivity index (χ3n) is 2.34. The summed E-state index contributed by atoms with van der Waals surface area (Å²) >= 11 is 3.39. The molecule has 3 heteroatoms. The summed E-state index contributed by atoms with van der Waals surface area (Å²) in [6.45, 7) is 1.96. The van der Waals surface area contributed by atoms with Gasteiger partial charge in [0.15, 0.2) is 0 Å². The number of hydrogen-bond donors (Lipinski definition) is 1. The molecule has 0 saturated heterocycles. The lowest BCUT2D eigenvalue weighted by Gasteiger charge is -2.06. The first-order valence-corrected chi connectivity index (χ1v) is 6.08. The van der Waals surface area contributed by atoms with Crippen LogP contribution in [0.25, 0.3) is 0 Å². The van der Waals surface area contributed by atoms with E-state index in [1.165, 1.54) is 0 Å². The van der Waals surface area contributed by atoms with Gasteiger partial charge in [-0.05, 0) is 42.8 Å². The summed E-state index contributed by atoms with van der Waals surface area (Å²) < 4.78 is 0.913. The Morgan fingerprint density at radius 1 is 1.12 bits per heavy atom. The van der Waals surface area contributed by atoms with Crippen molar-refractivity contribution in [2.24, 2.45) is 0 Å². The number of amides is 1. The number of carbonyl (C=O) groups is 1. The number of halogens is 1. The molecule has 0 unspecified atom stereocenters. The fourth-order valence-corrected chi connectivity index (χ4v) is 2.20. The summed E-state index contributed by atoms with van der Waals surface area (Å²) in [5.41, 5.74) is 2.51. The van der Waals surface area contributed by atoms with Gasteiger partial charge in [-0.1, -0.05) is 34.1 Å². The van der Waals surface area contributed by atoms with E-state index in [4.69, 9.17) is 0 Å². The molecule has 0 heterocycles. The maximum atomic E-state index is 12.0. The van der Waals surface area contributed by atoms with Crippen molar-refractivity contribution in [3.63, 3.8) is 0 Å². The number of rotatable bonds is 2. The Bertz CT molecular complexity index is 517. The molecule has 17 heavy (non-hydrogen) atoms. The lowest BCUT2D eigenvalue weighted by Crippen LogP contribution is -2.11. The Balaban J connectivity index is 2.20. The lowest BCUT2D eigenvalue weighted by atomic mass is 10.1. The molecule has 0 aliphatic heterocycles. The normalized spacial score (nSPS) is 10.0. The van der Waals surface area contributed by atoms with Crippen LogP contribution in [0.5, 0.6) is 0 Å². The molecule has 2 aromatic carbocycles. The summed E-state index contributed by atoms with van der Waals surface area (Å²) in [4.78, 5) is 12.0. The fraction of sp³-hybridized carbons (Fsp3) is 0.0714. The standard InChI is InChI=1S/C14H12BrNO/c1-10-7-11(9-12(15)8-10)14(17)16-13-5-3-2-4-6-13/h2-9H,1H3,(H,16,17). The number of nitrogens with one attached hydrogen (secondary N) is 1. The molecule has 0 fully saturated rings. The lowest BCUT2D eigenvalue weighted by molar-refractivity contribution is 0.102. The monoisotopic (exact) mass is 289 g/mol. The summed E-state index contributed by atoms with van der Waals surface area (Å²) in [5.74, 6) is -0.0967. The topological polar surface area (TPSA) is 29.1 Å². The van der Waals surface area contributed by atoms with E-state index in [2.05, 4.69) is 21.2 Å². The molecule has 1 N–H and O–H groups in total. The second kappa shape index (κ2) is 5.15. The van der Waals surface area contributed by atoms with Gasteiger partial charge in [0, 0.05) is 15.7 Å². The Kier molecular flexibility index (Phi) is 3.59. The fourth-order valence-electron chi connectivity index (χ4n) is 1.59. The quantitative estimate of drug-likeness (QED) is 0.889. The molecule has 0 saturated carbocycles. The minimum Gasteiger partial charge on any atom is -0.322 e. The number of carbonyl (C=O) groups excluding carboxylic acids is 1. The summed E-state index contributed by atoms with van der Waals surface area (Å²) in [7, 11) is 0. The van der Waals surface area contributed by atoms with Crippen LogP contribution >= 0.6 is 15.9 Å². The zero-order valence-electron chi connectivity index (χ0n) is 9.41. The van der Waals surface area contributed by atoms with E-state index in [0.29, 0.717) is 5.56 Å². The van der Waals surface area contributed by atoms with Crippen LogP contribution in [0, 0.1) is 6.92 Å². The smallest absolute Gasteiger partial charge is 0.255 e. The molecule has 0 aliphatic rings. The van der Waals surface area contributed by atoms with Gasteiger partial charge in [0.25, 0.3) is 5.91 Å². The van der Waals surface area contributed by atoms with Crippen LogP contribution in [-0.4, -0.2) is 5.91 Å². The van der Waals surface area contributed by atoms with Crippen LogP contribution in [0.4, 0.5) is 5.69 Å². The summed E-state index contributed by atoms with van der Waals surface area (Å²) in [6.07, 6.45) is 0. The van der Waals surface area contributed by atoms with E-state index >= 15 is 0 Å². The number of para-hydroxylation sites is 1. The summed E-state index contributed by atoms with van der Waals surface area (Å²) in [5, 5.41) is 2.85. The average molecular weight is 290 g/mol. The molecule has 0 atom stereocenters. The molecular formula is C14H12BrNO. The predicted octanol–water partition coefficient (Wildman–Crippen LogP) is 4.01. The number of anilines is 1. The first kappa shape index (κ1) is 11.9. The Hall–Kier alpha value is -1.61. The minimum atomic E-state index is -0.0967. The van der Waals surface area contributed by atoms with Gasteiger partial charge in [0.05, 0.1) is 0 Å². The predicted molar refractivity (Wildman–Crippen MR) is 73.3 cm³/mol. The highest BCUT2D eigenvalue weighted by Crippen LogP contribution is 2.16. The van der Waals surface area contributed by atoms with Gasteiger partial charge in [-0.25, -0.2) is 0 Å². The minimum absolute atomic E-state index is 0.0967. The maximum Gasteiger partial charge on any atom is 0.255 e. The van der Waals surface area contributed by atoms with Crippen LogP contribution in [-0.2, 0) is 0 Å². The second-order valence-corrected chi connectivity index (χ2v) is 4.75. The highest BCUT2D eigenvalue weighted by atomic mass is 79.9. The third kappa shape index (κ3) is 3.17. The highest BCUT2D eigenvalue weighted by molar-refractivity contribution is 9.10. The van der Waals surface area contributed by atoms with Crippen molar-refractivity contribution in [1.82, 2.24) is 0 Å². The SMILES string of the molecule is Cc1cc(Br)cc(C(=O)Nc2ccccc2)c1. The van der Waals surface area contributed by atoms with Gasteiger partial charge >= 0.3 is 0 Å². The van der Waals surface area contributed by atoms with Gasteiger partial charge in [-0.3, -0.25) is 4.79 Å². The van der Waals surface area contributed by atoms with Gasteiger partial charge in [0.2, 0.25) is 0 Å². The van der Waals surface area contributed by atoms with Crippen LogP contribution in [0.1, 0.15) is 15.9 Å². The number of aryl methyl sites for hydroxylation is 1. The van der Waals surface area contributed by atoms with Crippen molar-refractivity contribution in [3.05, 3.63) is 64.1 Å². The van der Waals surface area contributed by atoms with E-state index in [-0.39, 0.29) is 5.91 Å². The van der Waals surface area contributed by atoms with E-state index in [1.54, 1.807) is 0 Å². The Morgan fingerprint density at radius 3 is 2.47 bits per heavy atom. The van der Waals surface area contributed by atoms with Gasteiger partial charge in [0.1, 0.15) is 0 Å². The maximum absolute atomic E-state index is 12.0. The van der Waals surface area contributed by atoms with Crippen LogP contribution < -0.4 is 5.32 Å². The molecule has 86 valence electrons. The van der Waals surface area contributed by atoms with E-state index < -0.39 is 0 Å². The third-order valence-corrected chi connectivity index (χ3v) is 2.79. The first-order chi connectivity index (χ1) is 8.15. The van der Waals surface area contributed by atoms with Gasteiger partial charge in [-0.15, -0.1) is 0 Å². The van der Waals surface area contributed by atoms with Gasteiger partial charge < -0.3 is 5.32 Å². The van der Waals surface area contributed by atoms with Crippen molar-refractivity contribution in [3.8, 4) is 0 Å². The van der Waals surface area contributed by atoms with E-state index in [9.17, 15) is 4.79 Å². The van der Waals surface area contributed by atoms with Crippen molar-refractivity contribution >= 4 is 27.5 Å². The molecule has 2 nitrogen and oxygen atoms in total. The first-order valence-electron chi connectivity index (χ1n) is 5.29. The zero-order valence-corrected chi connectivity index (χ0v) is 11.0. The molecular weight excluding hydrogens is 278 g/mol. The Labute approximate surface area is 109 Å². The molecule has 2 aromatic rings. The molecule has 0 aromatic heterocycles. The highest BCUT2D eigenvalue weighted by Gasteiger charge is 2.07. The van der Waals surface area contributed by atoms with Crippen LogP contribution in [0.3, 0.4) is 0 Å². The molecule has 0 spiro atoms. The van der Waals surface area contributed by atoms with Crippen LogP contribution in [0.15, 0.2) is 53.0 Å². The molecule has 0 radical (unpaired) electrons. The van der Waals surface area contributed by atoms with Gasteiger partial charge in [-0.2, -0.15) is 0 Å². The Morgan fingerprint density at radius 2 is 1.82 bits per heavy atom. The van der Waals surface area contributed by atoms with E-state index in [1.807, 2.05) is 55.5 Å². The zero-order chi connectivity index (χ0) is 12.3. The van der Waals surface area contributed by atoms with Crippen molar-refractivity contribution < 1.29 is 4.79 Å². The largest absolute Gasteiger partial charge is 0.322 e. The van der Waals surface area contributed by atoms with Crippen molar-refractivity contribution in [1.29, 1.82) is 0 Å². The molecule has 2 rings (SSSR count). The molecule has 1 amide bonds. The average Bonchev–Trinajstić information content (AvgIpc) is 2.29. The molecule has 0 aliphatic carbocycles. The summed E-state index contributed by atoms with van der Waals surface area (Å²) in [6, 6.07) is 15.1. The number of hydrogen-bond acceptors (Lipinski definition) is 1. The molecule has 0 bridgehead atoms.